The molecular formula is C24H28N2O6S. The number of nitrogens with zero attached hydrogens (tertiary/aromatic N) is 1. The van der Waals surface area contributed by atoms with Gasteiger partial charge in [-0.25, -0.2) is 12.7 Å². The molecule has 2 aromatic carbocycles. The molecule has 8 nitrogen and oxygen atoms in total. The van der Waals surface area contributed by atoms with Gasteiger partial charge in [0, 0.05) is 37.2 Å². The van der Waals surface area contributed by atoms with Crippen LogP contribution in [0.25, 0.3) is 11.0 Å². The van der Waals surface area contributed by atoms with Gasteiger partial charge in [-0.2, -0.15) is 0 Å². The zero-order valence-electron chi connectivity index (χ0n) is 19.0. The van der Waals surface area contributed by atoms with Crippen LogP contribution in [0, 0.1) is 0 Å². The van der Waals surface area contributed by atoms with Crippen molar-refractivity contribution in [1.82, 2.24) is 4.31 Å². The monoisotopic (exact) mass is 472 g/mol. The minimum absolute atomic E-state index is 0.0109. The van der Waals surface area contributed by atoms with Crippen molar-refractivity contribution in [3.63, 3.8) is 0 Å². The predicted molar refractivity (Wildman–Crippen MR) is 125 cm³/mol. The Morgan fingerprint density at radius 2 is 1.88 bits per heavy atom. The first kappa shape index (κ1) is 23.1. The van der Waals surface area contributed by atoms with Crippen molar-refractivity contribution >= 4 is 32.6 Å². The van der Waals surface area contributed by atoms with Gasteiger partial charge in [-0.3, -0.25) is 4.79 Å². The number of anilines is 1. The highest BCUT2D eigenvalue weighted by atomic mass is 32.2. The lowest BCUT2D eigenvalue weighted by molar-refractivity contribution is -0.118. The van der Waals surface area contributed by atoms with Gasteiger partial charge in [-0.05, 0) is 62.6 Å². The van der Waals surface area contributed by atoms with Crippen LogP contribution in [0.2, 0.25) is 0 Å². The van der Waals surface area contributed by atoms with Gasteiger partial charge in [-0.1, -0.05) is 0 Å². The molecule has 33 heavy (non-hydrogen) atoms. The van der Waals surface area contributed by atoms with E-state index in [1.807, 2.05) is 12.1 Å². The van der Waals surface area contributed by atoms with E-state index in [0.29, 0.717) is 18.0 Å². The van der Waals surface area contributed by atoms with Crippen LogP contribution in [-0.4, -0.2) is 45.9 Å². The Morgan fingerprint density at radius 1 is 1.09 bits per heavy atom. The van der Waals surface area contributed by atoms with E-state index >= 15 is 0 Å². The highest BCUT2D eigenvalue weighted by Crippen LogP contribution is 2.34. The summed E-state index contributed by atoms with van der Waals surface area (Å²) in [6.07, 6.45) is 4.22. The third-order valence-corrected chi connectivity index (χ3v) is 7.42. The van der Waals surface area contributed by atoms with Gasteiger partial charge >= 0.3 is 0 Å². The molecule has 0 saturated carbocycles. The minimum Gasteiger partial charge on any atom is -0.492 e. The number of fused-ring (bicyclic) bond motifs is 3. The van der Waals surface area contributed by atoms with Crippen molar-refractivity contribution < 1.29 is 27.1 Å². The molecule has 1 aliphatic carbocycles. The molecule has 9 heteroatoms. The summed E-state index contributed by atoms with van der Waals surface area (Å²) in [5, 5.41) is 3.73. The molecule has 0 radical (unpaired) electrons. The third kappa shape index (κ3) is 4.84. The van der Waals surface area contributed by atoms with Crippen LogP contribution in [0.5, 0.6) is 11.5 Å². The molecule has 1 aliphatic rings. The maximum absolute atomic E-state index is 12.7. The van der Waals surface area contributed by atoms with Gasteiger partial charge in [0.15, 0.2) is 6.61 Å². The quantitative estimate of drug-likeness (QED) is 0.533. The maximum atomic E-state index is 12.7. The fourth-order valence-corrected chi connectivity index (χ4v) is 4.99. The lowest BCUT2D eigenvalue weighted by Crippen LogP contribution is -2.24. The first-order chi connectivity index (χ1) is 15.8. The van der Waals surface area contributed by atoms with Crippen LogP contribution in [-0.2, 0) is 27.7 Å². The van der Waals surface area contributed by atoms with E-state index in [-0.39, 0.29) is 17.3 Å². The summed E-state index contributed by atoms with van der Waals surface area (Å²) >= 11 is 0. The van der Waals surface area contributed by atoms with Crippen LogP contribution in [0.3, 0.4) is 0 Å². The molecule has 3 aromatic rings. The van der Waals surface area contributed by atoms with E-state index in [1.54, 1.807) is 19.1 Å². The molecular weight excluding hydrogens is 444 g/mol. The number of nitrogens with one attached hydrogen (secondary N) is 1. The van der Waals surface area contributed by atoms with Gasteiger partial charge in [0.2, 0.25) is 10.0 Å². The number of benzene rings is 2. The molecule has 0 spiro atoms. The molecule has 4 rings (SSSR count). The van der Waals surface area contributed by atoms with Gasteiger partial charge in [-0.15, -0.1) is 0 Å². The second-order valence-electron chi connectivity index (χ2n) is 8.09. The maximum Gasteiger partial charge on any atom is 0.262 e. The molecule has 0 aliphatic heterocycles. The van der Waals surface area contributed by atoms with E-state index in [4.69, 9.17) is 13.9 Å². The van der Waals surface area contributed by atoms with Crippen LogP contribution in [0.4, 0.5) is 5.69 Å². The number of hydrogen-bond donors (Lipinski definition) is 1. The smallest absolute Gasteiger partial charge is 0.262 e. The number of carbonyl (C=O) groups is 1. The number of ether oxygens (including phenoxy) is 2. The molecule has 0 fully saturated rings. The Balaban J connectivity index is 1.47. The molecule has 1 aromatic heterocycles. The van der Waals surface area contributed by atoms with E-state index in [1.165, 1.54) is 31.8 Å². The zero-order valence-corrected chi connectivity index (χ0v) is 19.8. The van der Waals surface area contributed by atoms with Crippen molar-refractivity contribution in [1.29, 1.82) is 0 Å². The zero-order chi connectivity index (χ0) is 23.6. The summed E-state index contributed by atoms with van der Waals surface area (Å²) in [5.74, 6) is 1.46. The fourth-order valence-electron chi connectivity index (χ4n) is 3.94. The second-order valence-corrected chi connectivity index (χ2v) is 10.2. The Bertz CT molecular complexity index is 1280. The Hall–Kier alpha value is -3.04. The number of amides is 1. The van der Waals surface area contributed by atoms with Crippen LogP contribution >= 0.6 is 0 Å². The first-order valence-corrected chi connectivity index (χ1v) is 12.4. The standard InChI is InChI=1S/C24H28N2O6S/c1-4-30-22-11-9-16(13-23(22)33(28,29)26(2)3)25-24(27)15-31-17-10-12-21-19(14-17)18-7-5-6-8-20(18)32-21/h9-14H,4-8,15H2,1-3H3,(H,25,27). The average Bonchev–Trinajstić information content (AvgIpc) is 3.16. The average molecular weight is 473 g/mol. The molecule has 1 N–H and O–H groups in total. The summed E-state index contributed by atoms with van der Waals surface area (Å²) in [6, 6.07) is 10.1. The van der Waals surface area contributed by atoms with Crippen molar-refractivity contribution in [2.75, 3.05) is 32.6 Å². The molecule has 0 saturated heterocycles. The van der Waals surface area contributed by atoms with Gasteiger partial charge in [0.1, 0.15) is 27.7 Å². The van der Waals surface area contributed by atoms with E-state index in [9.17, 15) is 13.2 Å². The SMILES string of the molecule is CCOc1ccc(NC(=O)COc2ccc3oc4c(c3c2)CCCC4)cc1S(=O)(=O)N(C)C. The van der Waals surface area contributed by atoms with Crippen molar-refractivity contribution in [3.8, 4) is 11.5 Å². The topological polar surface area (TPSA) is 98.1 Å². The summed E-state index contributed by atoms with van der Waals surface area (Å²) in [7, 11) is -0.864. The lowest BCUT2D eigenvalue weighted by Gasteiger charge is -2.16. The molecule has 0 bridgehead atoms. The van der Waals surface area contributed by atoms with Crippen LogP contribution < -0.4 is 14.8 Å². The Morgan fingerprint density at radius 3 is 2.64 bits per heavy atom. The second kappa shape index (κ2) is 9.44. The minimum atomic E-state index is -3.75. The van der Waals surface area contributed by atoms with Crippen molar-refractivity contribution in [2.45, 2.75) is 37.5 Å². The van der Waals surface area contributed by atoms with E-state index in [2.05, 4.69) is 5.32 Å². The normalized spacial score (nSPS) is 13.7. The van der Waals surface area contributed by atoms with E-state index in [0.717, 1.165) is 46.7 Å². The molecule has 176 valence electrons. The summed E-state index contributed by atoms with van der Waals surface area (Å²) < 4.78 is 43.5. The largest absolute Gasteiger partial charge is 0.492 e. The van der Waals surface area contributed by atoms with Gasteiger partial charge in [0.05, 0.1) is 6.61 Å². The Labute approximate surface area is 193 Å². The number of sulfonamides is 1. The van der Waals surface area contributed by atoms with Crippen molar-refractivity contribution in [3.05, 3.63) is 47.7 Å². The highest BCUT2D eigenvalue weighted by molar-refractivity contribution is 7.89. The number of carbonyl (C=O) groups excluding carboxylic acids is 1. The first-order valence-electron chi connectivity index (χ1n) is 11.0. The van der Waals surface area contributed by atoms with Crippen LogP contribution in [0.1, 0.15) is 31.1 Å². The summed E-state index contributed by atoms with van der Waals surface area (Å²) in [4.78, 5) is 12.5. The lowest BCUT2D eigenvalue weighted by atomic mass is 9.96. The fraction of sp³-hybridized carbons (Fsp3) is 0.375. The van der Waals surface area contributed by atoms with Crippen molar-refractivity contribution in [2.24, 2.45) is 0 Å². The molecule has 1 heterocycles. The summed E-state index contributed by atoms with van der Waals surface area (Å²) in [6.45, 7) is 1.88. The number of rotatable bonds is 8. The van der Waals surface area contributed by atoms with Crippen LogP contribution in [0.15, 0.2) is 45.7 Å². The highest BCUT2D eigenvalue weighted by Gasteiger charge is 2.23. The number of hydrogen-bond acceptors (Lipinski definition) is 6. The Kier molecular flexibility index (Phi) is 6.62. The molecule has 1 amide bonds. The van der Waals surface area contributed by atoms with E-state index < -0.39 is 15.9 Å². The summed E-state index contributed by atoms with van der Waals surface area (Å²) in [5.41, 5.74) is 2.41. The number of furan rings is 1. The third-order valence-electron chi connectivity index (χ3n) is 5.58. The number of aryl methyl sites for hydroxylation is 2. The predicted octanol–water partition coefficient (Wildman–Crippen LogP) is 3.98. The van der Waals surface area contributed by atoms with Gasteiger partial charge < -0.3 is 19.2 Å². The van der Waals surface area contributed by atoms with Gasteiger partial charge in [0.25, 0.3) is 5.91 Å². The molecule has 0 unspecified atom stereocenters. The molecule has 0 atom stereocenters.